The number of hydrogen-bond donors (Lipinski definition) is 7. The highest BCUT2D eigenvalue weighted by atomic mass is 16.4. The number of benzene rings is 2. The first-order valence-electron chi connectivity index (χ1n) is 12.8. The molecule has 2 aromatic carbocycles. The van der Waals surface area contributed by atoms with Crippen molar-refractivity contribution in [3.63, 3.8) is 0 Å². The third-order valence-electron chi connectivity index (χ3n) is 6.38. The number of nitrogens with one attached hydrogen (secondary N) is 4. The molecule has 1 aromatic heterocycles. The van der Waals surface area contributed by atoms with Gasteiger partial charge in [-0.2, -0.15) is 0 Å². The molecule has 0 aliphatic heterocycles. The van der Waals surface area contributed by atoms with E-state index in [0.717, 1.165) is 22.0 Å². The molecule has 0 saturated heterocycles. The molecule has 0 fully saturated rings. The van der Waals surface area contributed by atoms with Crippen LogP contribution in [0.15, 0.2) is 60.8 Å². The zero-order chi connectivity index (χ0) is 29.2. The summed E-state index contributed by atoms with van der Waals surface area (Å²) < 4.78 is 0. The number of carbonyl (C=O) groups is 5. The van der Waals surface area contributed by atoms with Gasteiger partial charge < -0.3 is 36.9 Å². The van der Waals surface area contributed by atoms with E-state index in [-0.39, 0.29) is 19.3 Å². The molecule has 212 valence electrons. The number of aromatic amines is 1. The fourth-order valence-electron chi connectivity index (χ4n) is 4.15. The zero-order valence-electron chi connectivity index (χ0n) is 21.9. The van der Waals surface area contributed by atoms with Crippen molar-refractivity contribution in [3.8, 4) is 0 Å². The Balaban J connectivity index is 1.83. The van der Waals surface area contributed by atoms with Crippen molar-refractivity contribution in [3.05, 3.63) is 71.9 Å². The molecule has 8 N–H and O–H groups in total. The van der Waals surface area contributed by atoms with Gasteiger partial charge in [-0.3, -0.25) is 24.0 Å². The van der Waals surface area contributed by atoms with Crippen molar-refractivity contribution < 1.29 is 34.2 Å². The molecule has 3 rings (SSSR count). The van der Waals surface area contributed by atoms with E-state index in [0.29, 0.717) is 0 Å². The predicted octanol–water partition coefficient (Wildman–Crippen LogP) is 0.704. The molecular formula is C28H33N5O7. The fourth-order valence-corrected chi connectivity index (χ4v) is 4.15. The molecule has 1 heterocycles. The first-order chi connectivity index (χ1) is 19.0. The number of rotatable bonds is 14. The monoisotopic (exact) mass is 551 g/mol. The number of amides is 3. The van der Waals surface area contributed by atoms with Crippen LogP contribution < -0.4 is 21.7 Å². The molecule has 12 nitrogen and oxygen atoms in total. The van der Waals surface area contributed by atoms with E-state index >= 15 is 0 Å². The van der Waals surface area contributed by atoms with Gasteiger partial charge in [0, 0.05) is 29.9 Å². The Hall–Kier alpha value is -4.71. The SMILES string of the molecule is CC(NC(=O)C(CCC(=O)O)NC(=O)C(Cc1c[nH]c2ccccc12)NC(=O)C(N)Cc1ccccc1)C(=O)O. The van der Waals surface area contributed by atoms with E-state index in [1.165, 1.54) is 6.92 Å². The van der Waals surface area contributed by atoms with Crippen LogP contribution >= 0.6 is 0 Å². The van der Waals surface area contributed by atoms with Gasteiger partial charge in [0.05, 0.1) is 6.04 Å². The number of aliphatic carboxylic acids is 2. The van der Waals surface area contributed by atoms with Crippen LogP contribution in [0, 0.1) is 0 Å². The molecule has 4 atom stereocenters. The normalized spacial score (nSPS) is 13.9. The number of carboxylic acids is 2. The molecule has 4 unspecified atom stereocenters. The van der Waals surface area contributed by atoms with Crippen LogP contribution in [0.1, 0.15) is 30.9 Å². The van der Waals surface area contributed by atoms with Crippen molar-refractivity contribution in [1.29, 1.82) is 0 Å². The van der Waals surface area contributed by atoms with Gasteiger partial charge in [0.2, 0.25) is 17.7 Å². The van der Waals surface area contributed by atoms with Gasteiger partial charge >= 0.3 is 11.9 Å². The van der Waals surface area contributed by atoms with Gasteiger partial charge in [0.15, 0.2) is 0 Å². The summed E-state index contributed by atoms with van der Waals surface area (Å²) in [4.78, 5) is 64.8. The number of para-hydroxylation sites is 1. The number of nitrogens with two attached hydrogens (primary N) is 1. The average Bonchev–Trinajstić information content (AvgIpc) is 3.33. The van der Waals surface area contributed by atoms with Gasteiger partial charge in [0.1, 0.15) is 18.1 Å². The van der Waals surface area contributed by atoms with Gasteiger partial charge in [-0.25, -0.2) is 0 Å². The van der Waals surface area contributed by atoms with Crippen molar-refractivity contribution in [1.82, 2.24) is 20.9 Å². The predicted molar refractivity (Wildman–Crippen MR) is 146 cm³/mol. The lowest BCUT2D eigenvalue weighted by molar-refractivity contribution is -0.142. The molecule has 0 aliphatic carbocycles. The Kier molecular flexibility index (Phi) is 10.4. The van der Waals surface area contributed by atoms with Crippen LogP contribution in [0.3, 0.4) is 0 Å². The molecule has 0 spiro atoms. The second kappa shape index (κ2) is 13.9. The minimum atomic E-state index is -1.36. The number of carboxylic acid groups (broad SMARTS) is 2. The topological polar surface area (TPSA) is 204 Å². The van der Waals surface area contributed by atoms with Crippen LogP contribution in [0.2, 0.25) is 0 Å². The lowest BCUT2D eigenvalue weighted by Crippen LogP contribution is -2.57. The van der Waals surface area contributed by atoms with Crippen molar-refractivity contribution >= 4 is 40.6 Å². The van der Waals surface area contributed by atoms with E-state index in [9.17, 15) is 24.0 Å². The molecule has 40 heavy (non-hydrogen) atoms. The molecule has 0 bridgehead atoms. The van der Waals surface area contributed by atoms with Gasteiger partial charge in [-0.05, 0) is 37.0 Å². The third kappa shape index (κ3) is 8.40. The Bertz CT molecular complexity index is 1360. The number of fused-ring (bicyclic) bond motifs is 1. The quantitative estimate of drug-likeness (QED) is 0.152. The Labute approximate surface area is 230 Å². The van der Waals surface area contributed by atoms with Crippen LogP contribution in [-0.2, 0) is 36.8 Å². The maximum absolute atomic E-state index is 13.5. The minimum Gasteiger partial charge on any atom is -0.481 e. The Morgan fingerprint density at radius 2 is 1.45 bits per heavy atom. The van der Waals surface area contributed by atoms with Crippen LogP contribution in [0.4, 0.5) is 0 Å². The molecule has 0 aliphatic rings. The average molecular weight is 552 g/mol. The number of hydrogen-bond acceptors (Lipinski definition) is 6. The Morgan fingerprint density at radius 1 is 0.825 bits per heavy atom. The molecule has 0 saturated carbocycles. The van der Waals surface area contributed by atoms with Gasteiger partial charge in [0.25, 0.3) is 0 Å². The maximum atomic E-state index is 13.5. The molecule has 3 amide bonds. The van der Waals surface area contributed by atoms with E-state index in [4.69, 9.17) is 15.9 Å². The van der Waals surface area contributed by atoms with Crippen LogP contribution in [0.25, 0.3) is 10.9 Å². The third-order valence-corrected chi connectivity index (χ3v) is 6.38. The summed E-state index contributed by atoms with van der Waals surface area (Å²) in [5.74, 6) is -4.70. The van der Waals surface area contributed by atoms with E-state index < -0.39 is 60.2 Å². The van der Waals surface area contributed by atoms with Crippen molar-refractivity contribution in [2.24, 2.45) is 5.73 Å². The van der Waals surface area contributed by atoms with E-state index in [1.54, 1.807) is 6.20 Å². The van der Waals surface area contributed by atoms with Gasteiger partial charge in [-0.1, -0.05) is 48.5 Å². The van der Waals surface area contributed by atoms with Crippen molar-refractivity contribution in [2.75, 3.05) is 0 Å². The summed E-state index contributed by atoms with van der Waals surface area (Å²) in [5.41, 5.74) is 8.52. The smallest absolute Gasteiger partial charge is 0.325 e. The number of carbonyl (C=O) groups excluding carboxylic acids is 3. The summed E-state index contributed by atoms with van der Waals surface area (Å²) >= 11 is 0. The van der Waals surface area contributed by atoms with Crippen LogP contribution in [0.5, 0.6) is 0 Å². The second-order valence-corrected chi connectivity index (χ2v) is 9.48. The second-order valence-electron chi connectivity index (χ2n) is 9.48. The van der Waals surface area contributed by atoms with Crippen LogP contribution in [-0.4, -0.2) is 69.0 Å². The maximum Gasteiger partial charge on any atom is 0.325 e. The summed E-state index contributed by atoms with van der Waals surface area (Å²) in [6, 6.07) is 11.8. The fraction of sp³-hybridized carbons (Fsp3) is 0.321. The molecule has 12 heteroatoms. The zero-order valence-corrected chi connectivity index (χ0v) is 21.9. The summed E-state index contributed by atoms with van der Waals surface area (Å²) in [5, 5.41) is 26.5. The molecular weight excluding hydrogens is 518 g/mol. The minimum absolute atomic E-state index is 0.0401. The lowest BCUT2D eigenvalue weighted by atomic mass is 10.0. The van der Waals surface area contributed by atoms with Gasteiger partial charge in [-0.15, -0.1) is 0 Å². The number of aromatic nitrogens is 1. The largest absolute Gasteiger partial charge is 0.481 e. The highest BCUT2D eigenvalue weighted by molar-refractivity contribution is 5.95. The summed E-state index contributed by atoms with van der Waals surface area (Å²) in [6.45, 7) is 1.24. The highest BCUT2D eigenvalue weighted by Gasteiger charge is 2.30. The summed E-state index contributed by atoms with van der Waals surface area (Å²) in [7, 11) is 0. The summed E-state index contributed by atoms with van der Waals surface area (Å²) in [6.07, 6.45) is 1.23. The van der Waals surface area contributed by atoms with E-state index in [1.807, 2.05) is 54.6 Å². The standard InChI is InChI=1S/C28H33N5O7/c1-16(28(39)40)31-26(37)22(11-12-24(34)35)32-27(38)23(14-18-15-30-21-10-6-5-9-19(18)21)33-25(36)20(29)13-17-7-3-2-4-8-17/h2-10,15-16,20,22-23,30H,11-14,29H2,1H3,(H,31,37)(H,32,38)(H,33,36)(H,34,35)(H,39,40). The molecule has 3 aromatic rings. The van der Waals surface area contributed by atoms with E-state index in [2.05, 4.69) is 20.9 Å². The Morgan fingerprint density at radius 3 is 2.12 bits per heavy atom. The van der Waals surface area contributed by atoms with Crippen molar-refractivity contribution in [2.45, 2.75) is 56.8 Å². The lowest BCUT2D eigenvalue weighted by Gasteiger charge is -2.24. The first kappa shape index (κ1) is 29.8. The number of H-pyrrole nitrogens is 1. The highest BCUT2D eigenvalue weighted by Crippen LogP contribution is 2.19. The first-order valence-corrected chi connectivity index (χ1v) is 12.8. The molecule has 0 radical (unpaired) electrons.